The number of rotatable bonds is 6. The van der Waals surface area contributed by atoms with E-state index < -0.39 is 0 Å². The van der Waals surface area contributed by atoms with Gasteiger partial charge >= 0.3 is 0 Å². The highest BCUT2D eigenvalue weighted by molar-refractivity contribution is 5.88. The molecule has 0 saturated heterocycles. The fourth-order valence-corrected chi connectivity index (χ4v) is 4.04. The van der Waals surface area contributed by atoms with Crippen molar-refractivity contribution in [2.45, 2.75) is 32.1 Å². The van der Waals surface area contributed by atoms with Crippen molar-refractivity contribution in [2.75, 3.05) is 0 Å². The van der Waals surface area contributed by atoms with E-state index in [1.54, 1.807) is 6.26 Å². The Morgan fingerprint density at radius 1 is 1.10 bits per heavy atom. The van der Waals surface area contributed by atoms with E-state index in [2.05, 4.69) is 37.3 Å². The van der Waals surface area contributed by atoms with Gasteiger partial charge in [-0.2, -0.15) is 0 Å². The van der Waals surface area contributed by atoms with Crippen molar-refractivity contribution in [2.24, 2.45) is 5.92 Å². The molecule has 0 saturated carbocycles. The van der Waals surface area contributed by atoms with Crippen LogP contribution in [0.2, 0.25) is 0 Å². The fourth-order valence-electron chi connectivity index (χ4n) is 4.04. The zero-order valence-corrected chi connectivity index (χ0v) is 16.3. The normalized spacial score (nSPS) is 18.6. The molecular weight excluding hydrogens is 364 g/mol. The minimum Gasteiger partial charge on any atom is -0.508 e. The summed E-state index contributed by atoms with van der Waals surface area (Å²) in [4.78, 5) is 13.1. The van der Waals surface area contributed by atoms with Gasteiger partial charge in [0.2, 0.25) is 0 Å². The third-order valence-electron chi connectivity index (χ3n) is 5.66. The van der Waals surface area contributed by atoms with Crippen LogP contribution in [0.3, 0.4) is 0 Å². The van der Waals surface area contributed by atoms with Crippen molar-refractivity contribution in [1.82, 2.24) is 0 Å². The molecule has 1 aliphatic rings. The number of hydrogen-bond donors (Lipinski definition) is 2. The highest BCUT2D eigenvalue weighted by Crippen LogP contribution is 2.44. The van der Waals surface area contributed by atoms with E-state index in [-0.39, 0.29) is 35.5 Å². The number of phenolic OH excluding ortho intramolecular Hbond substituents is 2. The largest absolute Gasteiger partial charge is 0.508 e. The van der Waals surface area contributed by atoms with E-state index >= 15 is 0 Å². The van der Waals surface area contributed by atoms with Crippen LogP contribution >= 0.6 is 0 Å². The van der Waals surface area contributed by atoms with Gasteiger partial charge in [0.1, 0.15) is 23.0 Å². The molecule has 148 valence electrons. The first-order valence-electron chi connectivity index (χ1n) is 9.86. The fraction of sp³-hybridized carbons (Fsp3) is 0.240. The summed E-state index contributed by atoms with van der Waals surface area (Å²) >= 11 is 0. The highest BCUT2D eigenvalue weighted by Gasteiger charge is 2.35. The van der Waals surface area contributed by atoms with Crippen LogP contribution in [0.25, 0.3) is 5.57 Å². The average molecular weight is 388 g/mol. The van der Waals surface area contributed by atoms with Gasteiger partial charge in [-0.25, -0.2) is 0 Å². The zero-order valence-electron chi connectivity index (χ0n) is 16.3. The second-order valence-electron chi connectivity index (χ2n) is 7.69. The van der Waals surface area contributed by atoms with Crippen LogP contribution in [0.1, 0.15) is 41.2 Å². The van der Waals surface area contributed by atoms with E-state index in [9.17, 15) is 15.0 Å². The van der Waals surface area contributed by atoms with E-state index in [1.807, 2.05) is 12.1 Å². The van der Waals surface area contributed by atoms with Crippen LogP contribution in [0.5, 0.6) is 11.5 Å². The maximum Gasteiger partial charge on any atom is 0.140 e. The summed E-state index contributed by atoms with van der Waals surface area (Å²) in [6.07, 6.45) is 5.14. The van der Waals surface area contributed by atoms with Crippen LogP contribution in [-0.4, -0.2) is 16.0 Å². The van der Waals surface area contributed by atoms with Crippen LogP contribution < -0.4 is 0 Å². The molecule has 2 aromatic carbocycles. The van der Waals surface area contributed by atoms with Gasteiger partial charge < -0.3 is 14.6 Å². The van der Waals surface area contributed by atoms with Crippen molar-refractivity contribution in [3.8, 4) is 11.5 Å². The Kier molecular flexibility index (Phi) is 5.26. The van der Waals surface area contributed by atoms with E-state index in [0.29, 0.717) is 12.0 Å². The van der Waals surface area contributed by atoms with Gasteiger partial charge in [-0.1, -0.05) is 35.9 Å². The molecule has 2 unspecified atom stereocenters. The summed E-state index contributed by atoms with van der Waals surface area (Å²) in [5.74, 6) is 0.822. The Morgan fingerprint density at radius 2 is 1.90 bits per heavy atom. The molecule has 4 nitrogen and oxygen atoms in total. The minimum absolute atomic E-state index is 0.0217. The van der Waals surface area contributed by atoms with Gasteiger partial charge in [-0.15, -0.1) is 0 Å². The standard InChI is InChI=1S/C25H24O4/c1-16-4-6-17(7-5-16)19-14-21(22(15-19)25-3-2-12-29-25)24(28)10-8-18-13-20(26)9-11-23(18)27/h2-7,9,11-14,21-22,26-27H,8,10,15H2,1H3. The van der Waals surface area contributed by atoms with Crippen LogP contribution in [-0.2, 0) is 11.2 Å². The summed E-state index contributed by atoms with van der Waals surface area (Å²) in [6.45, 7) is 2.06. The first-order chi connectivity index (χ1) is 14.0. The van der Waals surface area contributed by atoms with Crippen molar-refractivity contribution in [3.05, 3.63) is 89.4 Å². The number of phenols is 2. The Labute approximate surface area is 170 Å². The van der Waals surface area contributed by atoms with E-state index in [0.717, 1.165) is 23.3 Å². The Balaban J connectivity index is 1.56. The molecule has 4 heteroatoms. The number of hydrogen-bond acceptors (Lipinski definition) is 4. The van der Waals surface area contributed by atoms with Crippen LogP contribution in [0.4, 0.5) is 0 Å². The zero-order chi connectivity index (χ0) is 20.4. The van der Waals surface area contributed by atoms with Gasteiger partial charge in [0, 0.05) is 18.3 Å². The molecule has 3 aromatic rings. The number of carbonyl (C=O) groups is 1. The number of furan rings is 1. The van der Waals surface area contributed by atoms with E-state index in [4.69, 9.17) is 4.42 Å². The molecule has 0 radical (unpaired) electrons. The van der Waals surface area contributed by atoms with Crippen molar-refractivity contribution >= 4 is 11.4 Å². The SMILES string of the molecule is Cc1ccc(C2=CC(C(=O)CCc3cc(O)ccc3O)C(c3ccco3)C2)cc1. The maximum absolute atomic E-state index is 13.1. The Morgan fingerprint density at radius 3 is 2.62 bits per heavy atom. The Hall–Kier alpha value is -3.27. The predicted octanol–water partition coefficient (Wildman–Crippen LogP) is 5.39. The molecule has 1 aliphatic carbocycles. The Bertz CT molecular complexity index is 1030. The predicted molar refractivity (Wildman–Crippen MR) is 112 cm³/mol. The monoisotopic (exact) mass is 388 g/mol. The lowest BCUT2D eigenvalue weighted by Gasteiger charge is -2.16. The topological polar surface area (TPSA) is 70.7 Å². The maximum atomic E-state index is 13.1. The molecule has 2 N–H and O–H groups in total. The molecule has 2 atom stereocenters. The van der Waals surface area contributed by atoms with Gasteiger partial charge in [0.25, 0.3) is 0 Å². The first kappa shape index (κ1) is 19.1. The van der Waals surface area contributed by atoms with Gasteiger partial charge in [0.05, 0.1) is 6.26 Å². The molecule has 1 aromatic heterocycles. The lowest BCUT2D eigenvalue weighted by Crippen LogP contribution is -2.17. The molecule has 4 rings (SSSR count). The van der Waals surface area contributed by atoms with Crippen molar-refractivity contribution < 1.29 is 19.4 Å². The molecule has 0 bridgehead atoms. The number of Topliss-reactive ketones (excluding diaryl/α,β-unsaturated/α-hetero) is 1. The number of aryl methyl sites for hydroxylation is 2. The molecule has 0 amide bonds. The molecule has 0 aliphatic heterocycles. The average Bonchev–Trinajstić information content (AvgIpc) is 3.38. The van der Waals surface area contributed by atoms with Crippen molar-refractivity contribution in [1.29, 1.82) is 0 Å². The number of benzene rings is 2. The highest BCUT2D eigenvalue weighted by atomic mass is 16.3. The third-order valence-corrected chi connectivity index (χ3v) is 5.66. The number of allylic oxidation sites excluding steroid dienone is 2. The number of ketones is 1. The summed E-state index contributed by atoms with van der Waals surface area (Å²) < 4.78 is 5.64. The van der Waals surface area contributed by atoms with Crippen LogP contribution in [0, 0.1) is 12.8 Å². The third kappa shape index (κ3) is 4.11. The summed E-state index contributed by atoms with van der Waals surface area (Å²) in [5, 5.41) is 19.6. The summed E-state index contributed by atoms with van der Waals surface area (Å²) in [6, 6.07) is 16.5. The van der Waals surface area contributed by atoms with E-state index in [1.165, 1.54) is 23.8 Å². The lowest BCUT2D eigenvalue weighted by molar-refractivity contribution is -0.122. The molecule has 0 fully saturated rings. The van der Waals surface area contributed by atoms with Crippen LogP contribution in [0.15, 0.2) is 71.4 Å². The van der Waals surface area contributed by atoms with Gasteiger partial charge in [-0.05, 0) is 66.8 Å². The molecule has 29 heavy (non-hydrogen) atoms. The van der Waals surface area contributed by atoms with Gasteiger partial charge in [0.15, 0.2) is 0 Å². The quantitative estimate of drug-likeness (QED) is 0.556. The molecule has 0 spiro atoms. The molecule has 1 heterocycles. The smallest absolute Gasteiger partial charge is 0.140 e. The second kappa shape index (κ2) is 8.00. The number of carbonyl (C=O) groups excluding carboxylic acids is 1. The lowest BCUT2D eigenvalue weighted by atomic mass is 9.87. The molecular formula is C25H24O4. The summed E-state index contributed by atoms with van der Waals surface area (Å²) in [7, 11) is 0. The number of aromatic hydroxyl groups is 2. The van der Waals surface area contributed by atoms with Gasteiger partial charge in [-0.3, -0.25) is 4.79 Å². The summed E-state index contributed by atoms with van der Waals surface area (Å²) in [5.41, 5.74) is 4.07. The first-order valence-corrected chi connectivity index (χ1v) is 9.86. The second-order valence-corrected chi connectivity index (χ2v) is 7.69. The minimum atomic E-state index is -0.267. The van der Waals surface area contributed by atoms with Crippen molar-refractivity contribution in [3.63, 3.8) is 0 Å².